The molecule has 2 aromatic rings. The highest BCUT2D eigenvalue weighted by Gasteiger charge is 2.36. The summed E-state index contributed by atoms with van der Waals surface area (Å²) in [7, 11) is 0. The fraction of sp³-hybridized carbons (Fsp3) is 0.421. The zero-order chi connectivity index (χ0) is 18.9. The number of carboxylic acid groups (broad SMARTS) is 1. The van der Waals surface area contributed by atoms with E-state index in [1.165, 1.54) is 19.1 Å². The number of aromatic nitrogens is 2. The SMILES string of the molecule is CCCC(C)(NC(=O)c1nn(-c2cccc(F)c2)c2c1CCC2)C(=O)O. The molecule has 3 rings (SSSR count). The average molecular weight is 359 g/mol. The smallest absolute Gasteiger partial charge is 0.329 e. The maximum absolute atomic E-state index is 13.6. The van der Waals surface area contributed by atoms with Crippen LogP contribution in [0.2, 0.25) is 0 Å². The highest BCUT2D eigenvalue weighted by atomic mass is 19.1. The molecule has 1 atom stereocenters. The number of carbonyl (C=O) groups excluding carboxylic acids is 1. The van der Waals surface area contributed by atoms with Crippen molar-refractivity contribution < 1.29 is 19.1 Å². The molecule has 1 aromatic heterocycles. The van der Waals surface area contributed by atoms with E-state index in [1.807, 2.05) is 6.92 Å². The van der Waals surface area contributed by atoms with Gasteiger partial charge in [0.05, 0.1) is 5.69 Å². The van der Waals surface area contributed by atoms with E-state index in [2.05, 4.69) is 10.4 Å². The minimum absolute atomic E-state index is 0.227. The van der Waals surface area contributed by atoms with Gasteiger partial charge >= 0.3 is 5.97 Å². The first-order valence-electron chi connectivity index (χ1n) is 8.78. The van der Waals surface area contributed by atoms with Crippen LogP contribution in [0.1, 0.15) is 54.9 Å². The van der Waals surface area contributed by atoms with E-state index in [9.17, 15) is 19.1 Å². The summed E-state index contributed by atoms with van der Waals surface area (Å²) in [4.78, 5) is 24.4. The normalized spacial score (nSPS) is 15.3. The third-order valence-corrected chi connectivity index (χ3v) is 4.81. The van der Waals surface area contributed by atoms with E-state index in [0.29, 0.717) is 24.9 Å². The number of carboxylic acids is 1. The van der Waals surface area contributed by atoms with Crippen LogP contribution in [-0.4, -0.2) is 32.3 Å². The second kappa shape index (κ2) is 6.90. The minimum Gasteiger partial charge on any atom is -0.480 e. The number of carbonyl (C=O) groups is 2. The van der Waals surface area contributed by atoms with Gasteiger partial charge in [-0.05, 0) is 50.8 Å². The molecule has 1 amide bonds. The van der Waals surface area contributed by atoms with Crippen molar-refractivity contribution in [3.05, 3.63) is 47.0 Å². The van der Waals surface area contributed by atoms with Crippen molar-refractivity contribution in [1.29, 1.82) is 0 Å². The molecule has 1 aliphatic carbocycles. The van der Waals surface area contributed by atoms with Gasteiger partial charge in [0.25, 0.3) is 5.91 Å². The number of hydrogen-bond acceptors (Lipinski definition) is 3. The molecular weight excluding hydrogens is 337 g/mol. The van der Waals surface area contributed by atoms with Crippen molar-refractivity contribution in [2.75, 3.05) is 0 Å². The Hall–Kier alpha value is -2.70. The van der Waals surface area contributed by atoms with Crippen molar-refractivity contribution in [3.8, 4) is 5.69 Å². The number of rotatable bonds is 6. The molecule has 1 aromatic carbocycles. The Kier molecular flexibility index (Phi) is 4.80. The number of halogens is 1. The number of amides is 1. The van der Waals surface area contributed by atoms with Gasteiger partial charge in [0.1, 0.15) is 11.4 Å². The van der Waals surface area contributed by atoms with Crippen molar-refractivity contribution in [1.82, 2.24) is 15.1 Å². The first kappa shape index (κ1) is 18.1. The Morgan fingerprint density at radius 3 is 2.81 bits per heavy atom. The van der Waals surface area contributed by atoms with E-state index in [1.54, 1.807) is 16.8 Å². The molecule has 2 N–H and O–H groups in total. The van der Waals surface area contributed by atoms with Gasteiger partial charge in [-0.3, -0.25) is 4.79 Å². The lowest BCUT2D eigenvalue weighted by Gasteiger charge is -2.25. The van der Waals surface area contributed by atoms with E-state index >= 15 is 0 Å². The summed E-state index contributed by atoms with van der Waals surface area (Å²) >= 11 is 0. The molecule has 26 heavy (non-hydrogen) atoms. The zero-order valence-electron chi connectivity index (χ0n) is 14.9. The quantitative estimate of drug-likeness (QED) is 0.831. The predicted molar refractivity (Wildman–Crippen MR) is 94.0 cm³/mol. The summed E-state index contributed by atoms with van der Waals surface area (Å²) < 4.78 is 15.2. The van der Waals surface area contributed by atoms with Crippen LogP contribution in [-0.2, 0) is 17.6 Å². The molecule has 0 saturated carbocycles. The zero-order valence-corrected chi connectivity index (χ0v) is 14.9. The molecule has 7 heteroatoms. The molecule has 0 fully saturated rings. The molecular formula is C19H22FN3O3. The summed E-state index contributed by atoms with van der Waals surface area (Å²) in [5, 5.41) is 16.5. The number of nitrogens with one attached hydrogen (secondary N) is 1. The number of hydrogen-bond donors (Lipinski definition) is 2. The van der Waals surface area contributed by atoms with E-state index in [4.69, 9.17) is 0 Å². The molecule has 1 unspecified atom stereocenters. The lowest BCUT2D eigenvalue weighted by Crippen LogP contribution is -2.52. The van der Waals surface area contributed by atoms with Crippen LogP contribution in [0.15, 0.2) is 24.3 Å². The molecule has 0 bridgehead atoms. The van der Waals surface area contributed by atoms with Crippen molar-refractivity contribution in [3.63, 3.8) is 0 Å². The van der Waals surface area contributed by atoms with Crippen LogP contribution in [0, 0.1) is 5.82 Å². The van der Waals surface area contributed by atoms with Crippen LogP contribution in [0.5, 0.6) is 0 Å². The molecule has 6 nitrogen and oxygen atoms in total. The molecule has 1 aliphatic rings. The van der Waals surface area contributed by atoms with Gasteiger partial charge in [-0.25, -0.2) is 13.9 Å². The van der Waals surface area contributed by atoms with Gasteiger partial charge in [0, 0.05) is 11.3 Å². The van der Waals surface area contributed by atoms with Gasteiger partial charge in [-0.2, -0.15) is 5.10 Å². The van der Waals surface area contributed by atoms with Gasteiger partial charge in [-0.1, -0.05) is 19.4 Å². The summed E-state index contributed by atoms with van der Waals surface area (Å²) in [5.41, 5.74) is 1.13. The fourth-order valence-corrected chi connectivity index (χ4v) is 3.47. The topological polar surface area (TPSA) is 84.2 Å². The monoisotopic (exact) mass is 359 g/mol. The average Bonchev–Trinajstić information content (AvgIpc) is 3.16. The van der Waals surface area contributed by atoms with Gasteiger partial charge in [0.15, 0.2) is 5.69 Å². The summed E-state index contributed by atoms with van der Waals surface area (Å²) in [5.74, 6) is -1.96. The van der Waals surface area contributed by atoms with Crippen LogP contribution >= 0.6 is 0 Å². The minimum atomic E-state index is -1.35. The molecule has 138 valence electrons. The second-order valence-corrected chi connectivity index (χ2v) is 6.86. The Labute approximate surface area is 151 Å². The first-order chi connectivity index (χ1) is 12.4. The molecule has 0 saturated heterocycles. The van der Waals surface area contributed by atoms with E-state index in [0.717, 1.165) is 24.1 Å². The van der Waals surface area contributed by atoms with Crippen molar-refractivity contribution >= 4 is 11.9 Å². The highest BCUT2D eigenvalue weighted by Crippen LogP contribution is 2.28. The standard InChI is InChI=1S/C19H22FN3O3/c1-3-10-19(2,18(25)26)21-17(24)16-14-8-5-9-15(14)23(22-16)13-7-4-6-12(20)11-13/h4,6-7,11H,3,5,8-10H2,1-2H3,(H,21,24)(H,25,26). The molecule has 0 aliphatic heterocycles. The third kappa shape index (κ3) is 3.21. The lowest BCUT2D eigenvalue weighted by molar-refractivity contribution is -0.144. The maximum Gasteiger partial charge on any atom is 0.329 e. The highest BCUT2D eigenvalue weighted by molar-refractivity contribution is 5.97. The summed E-state index contributed by atoms with van der Waals surface area (Å²) in [6.07, 6.45) is 3.27. The van der Waals surface area contributed by atoms with Gasteiger partial charge in [-0.15, -0.1) is 0 Å². The maximum atomic E-state index is 13.6. The second-order valence-electron chi connectivity index (χ2n) is 6.86. The van der Waals surface area contributed by atoms with Crippen LogP contribution < -0.4 is 5.32 Å². The van der Waals surface area contributed by atoms with Gasteiger partial charge in [0.2, 0.25) is 0 Å². The van der Waals surface area contributed by atoms with Crippen LogP contribution in [0.25, 0.3) is 5.69 Å². The Morgan fingerprint density at radius 2 is 2.15 bits per heavy atom. The molecule has 1 heterocycles. The van der Waals surface area contributed by atoms with Crippen LogP contribution in [0.3, 0.4) is 0 Å². The third-order valence-electron chi connectivity index (χ3n) is 4.81. The molecule has 0 spiro atoms. The summed E-state index contributed by atoms with van der Waals surface area (Å²) in [6.45, 7) is 3.37. The van der Waals surface area contributed by atoms with Crippen molar-refractivity contribution in [2.24, 2.45) is 0 Å². The fourth-order valence-electron chi connectivity index (χ4n) is 3.47. The number of fused-ring (bicyclic) bond motifs is 1. The Balaban J connectivity index is 1.97. The number of benzene rings is 1. The van der Waals surface area contributed by atoms with Crippen LogP contribution in [0.4, 0.5) is 4.39 Å². The van der Waals surface area contributed by atoms with Gasteiger partial charge < -0.3 is 10.4 Å². The Morgan fingerprint density at radius 1 is 1.38 bits per heavy atom. The lowest BCUT2D eigenvalue weighted by atomic mass is 9.96. The molecule has 0 radical (unpaired) electrons. The van der Waals surface area contributed by atoms with E-state index in [-0.39, 0.29) is 11.5 Å². The predicted octanol–water partition coefficient (Wildman–Crippen LogP) is 2.87. The Bertz CT molecular complexity index is 862. The largest absolute Gasteiger partial charge is 0.480 e. The summed E-state index contributed by atoms with van der Waals surface area (Å²) in [6, 6.07) is 6.04. The number of nitrogens with zero attached hydrogens (tertiary/aromatic N) is 2. The number of aliphatic carboxylic acids is 1. The van der Waals surface area contributed by atoms with E-state index < -0.39 is 17.4 Å². The first-order valence-corrected chi connectivity index (χ1v) is 8.78. The van der Waals surface area contributed by atoms with Crippen molar-refractivity contribution in [2.45, 2.75) is 51.5 Å².